The van der Waals surface area contributed by atoms with E-state index >= 15 is 0 Å². The summed E-state index contributed by atoms with van der Waals surface area (Å²) in [5.74, 6) is 1.26. The van der Waals surface area contributed by atoms with Gasteiger partial charge >= 0.3 is 0 Å². The van der Waals surface area contributed by atoms with Crippen LogP contribution in [0.4, 0.5) is 0 Å². The van der Waals surface area contributed by atoms with E-state index in [0.717, 1.165) is 16.6 Å². The summed E-state index contributed by atoms with van der Waals surface area (Å²) in [6.45, 7) is 9.05. The van der Waals surface area contributed by atoms with Crippen LogP contribution < -0.4 is 5.32 Å². The van der Waals surface area contributed by atoms with Gasteiger partial charge < -0.3 is 9.84 Å². The highest BCUT2D eigenvalue weighted by Gasteiger charge is 2.15. The van der Waals surface area contributed by atoms with Crippen LogP contribution in [0.15, 0.2) is 21.1 Å². The molecule has 0 saturated carbocycles. The SMILES string of the molecule is CCNC(C)c1nc(-c2cc(C)c(Br)c(C)c2)no1. The predicted molar refractivity (Wildman–Crippen MR) is 79.0 cm³/mol. The van der Waals surface area contributed by atoms with Crippen LogP contribution in [0.2, 0.25) is 0 Å². The lowest BCUT2D eigenvalue weighted by atomic mass is 10.1. The molecule has 19 heavy (non-hydrogen) atoms. The van der Waals surface area contributed by atoms with E-state index in [0.29, 0.717) is 11.7 Å². The predicted octanol–water partition coefficient (Wildman–Crippen LogP) is 3.79. The van der Waals surface area contributed by atoms with Crippen LogP contribution in [0.5, 0.6) is 0 Å². The van der Waals surface area contributed by atoms with Crippen LogP contribution >= 0.6 is 15.9 Å². The first kappa shape index (κ1) is 14.2. The van der Waals surface area contributed by atoms with Gasteiger partial charge in [0.15, 0.2) is 0 Å². The molecule has 0 fully saturated rings. The molecule has 0 spiro atoms. The van der Waals surface area contributed by atoms with E-state index in [2.05, 4.69) is 64.3 Å². The average molecular weight is 324 g/mol. The molecule has 1 heterocycles. The third kappa shape index (κ3) is 3.04. The lowest BCUT2D eigenvalue weighted by Crippen LogP contribution is -2.17. The number of rotatable bonds is 4. The van der Waals surface area contributed by atoms with Gasteiger partial charge in [0.05, 0.1) is 6.04 Å². The molecule has 0 aliphatic heterocycles. The number of hydrogen-bond acceptors (Lipinski definition) is 4. The van der Waals surface area contributed by atoms with Gasteiger partial charge in [-0.25, -0.2) is 0 Å². The van der Waals surface area contributed by atoms with Crippen molar-refractivity contribution in [2.75, 3.05) is 6.54 Å². The van der Waals surface area contributed by atoms with Crippen molar-refractivity contribution < 1.29 is 4.52 Å². The Hall–Kier alpha value is -1.20. The molecule has 0 amide bonds. The maximum atomic E-state index is 5.31. The zero-order valence-electron chi connectivity index (χ0n) is 11.6. The monoisotopic (exact) mass is 323 g/mol. The third-order valence-corrected chi connectivity index (χ3v) is 4.27. The molecule has 1 atom stereocenters. The number of halogens is 1. The maximum Gasteiger partial charge on any atom is 0.243 e. The Bertz CT molecular complexity index is 557. The van der Waals surface area contributed by atoms with Gasteiger partial charge in [-0.1, -0.05) is 28.0 Å². The molecule has 0 radical (unpaired) electrons. The fourth-order valence-corrected chi connectivity index (χ4v) is 2.23. The molecule has 1 unspecified atom stereocenters. The van der Waals surface area contributed by atoms with Crippen LogP contribution in [-0.4, -0.2) is 16.7 Å². The first-order valence-corrected chi connectivity index (χ1v) is 7.16. The van der Waals surface area contributed by atoms with Crippen molar-refractivity contribution in [3.05, 3.63) is 33.6 Å². The minimum Gasteiger partial charge on any atom is -0.337 e. The second kappa shape index (κ2) is 5.84. The summed E-state index contributed by atoms with van der Waals surface area (Å²) >= 11 is 3.56. The second-order valence-corrected chi connectivity index (χ2v) is 5.45. The molecule has 2 aromatic rings. The van der Waals surface area contributed by atoms with Crippen molar-refractivity contribution >= 4 is 15.9 Å². The summed E-state index contributed by atoms with van der Waals surface area (Å²) < 4.78 is 6.43. The first-order chi connectivity index (χ1) is 9.02. The fourth-order valence-electron chi connectivity index (χ4n) is 2.00. The normalized spacial score (nSPS) is 12.7. The van der Waals surface area contributed by atoms with Crippen molar-refractivity contribution in [1.82, 2.24) is 15.5 Å². The molecule has 4 nitrogen and oxygen atoms in total. The van der Waals surface area contributed by atoms with Gasteiger partial charge in [0.1, 0.15) is 0 Å². The summed E-state index contributed by atoms with van der Waals surface area (Å²) in [6.07, 6.45) is 0. The van der Waals surface area contributed by atoms with Crippen LogP contribution in [0, 0.1) is 13.8 Å². The van der Waals surface area contributed by atoms with Gasteiger partial charge in [0.25, 0.3) is 0 Å². The summed E-state index contributed by atoms with van der Waals surface area (Å²) in [5, 5.41) is 7.31. The molecule has 0 aliphatic carbocycles. The van der Waals surface area contributed by atoms with E-state index < -0.39 is 0 Å². The van der Waals surface area contributed by atoms with Gasteiger partial charge in [-0.2, -0.15) is 4.98 Å². The lowest BCUT2D eigenvalue weighted by Gasteiger charge is -2.06. The van der Waals surface area contributed by atoms with Crippen molar-refractivity contribution in [3.63, 3.8) is 0 Å². The third-order valence-electron chi connectivity index (χ3n) is 3.02. The van der Waals surface area contributed by atoms with E-state index in [-0.39, 0.29) is 6.04 Å². The minimum absolute atomic E-state index is 0.0730. The van der Waals surface area contributed by atoms with E-state index in [9.17, 15) is 0 Å². The molecule has 1 N–H and O–H groups in total. The molecule has 5 heteroatoms. The van der Waals surface area contributed by atoms with Crippen molar-refractivity contribution in [2.24, 2.45) is 0 Å². The summed E-state index contributed by atoms with van der Waals surface area (Å²) in [6, 6.07) is 4.19. The van der Waals surface area contributed by atoms with Crippen LogP contribution in [0.3, 0.4) is 0 Å². The maximum absolute atomic E-state index is 5.31. The molecule has 1 aromatic carbocycles. The molecule has 0 saturated heterocycles. The van der Waals surface area contributed by atoms with E-state index in [4.69, 9.17) is 4.52 Å². The molecular formula is C14H18BrN3O. The van der Waals surface area contributed by atoms with Gasteiger partial charge in [0.2, 0.25) is 11.7 Å². The minimum atomic E-state index is 0.0730. The number of aromatic nitrogens is 2. The Kier molecular flexibility index (Phi) is 4.37. The molecule has 0 aliphatic rings. The highest BCUT2D eigenvalue weighted by atomic mass is 79.9. The number of nitrogens with one attached hydrogen (secondary N) is 1. The molecule has 2 rings (SSSR count). The number of hydrogen-bond donors (Lipinski definition) is 1. The Morgan fingerprint density at radius 1 is 1.32 bits per heavy atom. The topological polar surface area (TPSA) is 51.0 Å². The van der Waals surface area contributed by atoms with E-state index in [1.165, 1.54) is 11.1 Å². The van der Waals surface area contributed by atoms with Crippen molar-refractivity contribution in [2.45, 2.75) is 33.7 Å². The van der Waals surface area contributed by atoms with Gasteiger partial charge in [0, 0.05) is 10.0 Å². The highest BCUT2D eigenvalue weighted by molar-refractivity contribution is 9.10. The Morgan fingerprint density at radius 3 is 2.53 bits per heavy atom. The Morgan fingerprint density at radius 2 is 1.95 bits per heavy atom. The van der Waals surface area contributed by atoms with Crippen LogP contribution in [-0.2, 0) is 0 Å². The molecule has 1 aromatic heterocycles. The molecule has 102 valence electrons. The molecule has 0 bridgehead atoms. The largest absolute Gasteiger partial charge is 0.337 e. The van der Waals surface area contributed by atoms with Crippen molar-refractivity contribution in [3.8, 4) is 11.4 Å². The number of aryl methyl sites for hydroxylation is 2. The summed E-state index contributed by atoms with van der Waals surface area (Å²) in [4.78, 5) is 4.46. The standard InChI is InChI=1S/C14H18BrN3O/c1-5-16-10(4)14-17-13(18-19-14)11-6-8(2)12(15)9(3)7-11/h6-7,10,16H,5H2,1-4H3. The van der Waals surface area contributed by atoms with Crippen molar-refractivity contribution in [1.29, 1.82) is 0 Å². The summed E-state index contributed by atoms with van der Waals surface area (Å²) in [7, 11) is 0. The van der Waals surface area contributed by atoms with Gasteiger partial charge in [-0.3, -0.25) is 0 Å². The number of nitrogens with zero attached hydrogens (tertiary/aromatic N) is 2. The van der Waals surface area contributed by atoms with Crippen LogP contribution in [0.25, 0.3) is 11.4 Å². The fraction of sp³-hybridized carbons (Fsp3) is 0.429. The van der Waals surface area contributed by atoms with Gasteiger partial charge in [-0.05, 0) is 50.6 Å². The average Bonchev–Trinajstić information content (AvgIpc) is 2.85. The Labute approximate surface area is 121 Å². The summed E-state index contributed by atoms with van der Waals surface area (Å²) in [5.41, 5.74) is 3.32. The highest BCUT2D eigenvalue weighted by Crippen LogP contribution is 2.27. The first-order valence-electron chi connectivity index (χ1n) is 6.37. The zero-order chi connectivity index (χ0) is 14.0. The van der Waals surface area contributed by atoms with E-state index in [1.807, 2.05) is 6.92 Å². The quantitative estimate of drug-likeness (QED) is 0.930. The lowest BCUT2D eigenvalue weighted by molar-refractivity contribution is 0.342. The molecular weight excluding hydrogens is 306 g/mol. The van der Waals surface area contributed by atoms with Gasteiger partial charge in [-0.15, -0.1) is 0 Å². The van der Waals surface area contributed by atoms with Crippen LogP contribution in [0.1, 0.15) is 36.9 Å². The smallest absolute Gasteiger partial charge is 0.243 e. The Balaban J connectivity index is 2.33. The van der Waals surface area contributed by atoms with E-state index in [1.54, 1.807) is 0 Å². The zero-order valence-corrected chi connectivity index (χ0v) is 13.2. The second-order valence-electron chi connectivity index (χ2n) is 4.66. The number of benzene rings is 1.